The number of ether oxygens (including phenoxy) is 6. The molecule has 0 amide bonds. The van der Waals surface area contributed by atoms with Gasteiger partial charge in [0.1, 0.15) is 44.0 Å². The number of benzene rings is 2. The summed E-state index contributed by atoms with van der Waals surface area (Å²) in [5, 5.41) is 10.1. The van der Waals surface area contributed by atoms with Crippen LogP contribution in [0.5, 0.6) is 11.5 Å². The minimum atomic E-state index is -1.29. The van der Waals surface area contributed by atoms with Crippen molar-refractivity contribution >= 4 is 17.9 Å². The van der Waals surface area contributed by atoms with Gasteiger partial charge in [-0.2, -0.15) is 0 Å². The van der Waals surface area contributed by atoms with E-state index in [2.05, 4.69) is 19.7 Å². The van der Waals surface area contributed by atoms with Gasteiger partial charge >= 0.3 is 17.9 Å². The number of hydrogen-bond acceptors (Lipinski definition) is 10. The van der Waals surface area contributed by atoms with Gasteiger partial charge in [0.05, 0.1) is 5.41 Å². The summed E-state index contributed by atoms with van der Waals surface area (Å²) >= 11 is 0. The Bertz CT molecular complexity index is 1270. The number of carbonyl (C=O) groups excluding carboxylic acids is 3. The Kier molecular flexibility index (Phi) is 14.4. The van der Waals surface area contributed by atoms with E-state index in [0.29, 0.717) is 17.1 Å². The summed E-state index contributed by atoms with van der Waals surface area (Å²) < 4.78 is 33.1. The minimum absolute atomic E-state index is 0.0168. The van der Waals surface area contributed by atoms with Crippen LogP contribution in [0, 0.1) is 5.41 Å². The van der Waals surface area contributed by atoms with E-state index in [-0.39, 0.29) is 44.0 Å². The third-order valence-corrected chi connectivity index (χ3v) is 6.02. The van der Waals surface area contributed by atoms with Crippen LogP contribution in [-0.2, 0) is 33.3 Å². The van der Waals surface area contributed by atoms with Crippen molar-refractivity contribution < 1.29 is 47.9 Å². The first-order chi connectivity index (χ1) is 20.8. The molecular weight excluding hydrogens is 568 g/mol. The van der Waals surface area contributed by atoms with E-state index in [0.717, 1.165) is 0 Å². The van der Waals surface area contributed by atoms with Crippen molar-refractivity contribution in [2.45, 2.75) is 52.6 Å². The van der Waals surface area contributed by atoms with E-state index < -0.39 is 41.8 Å². The van der Waals surface area contributed by atoms with Crippen LogP contribution < -0.4 is 9.47 Å². The van der Waals surface area contributed by atoms with Gasteiger partial charge in [-0.05, 0) is 64.0 Å². The summed E-state index contributed by atoms with van der Waals surface area (Å²) in [5.74, 6) is -0.924. The molecule has 0 bridgehead atoms. The second-order valence-electron chi connectivity index (χ2n) is 10.9. The fraction of sp³-hybridized carbons (Fsp3) is 0.382. The van der Waals surface area contributed by atoms with Crippen LogP contribution in [0.15, 0.2) is 97.1 Å². The molecule has 2 rings (SSSR count). The molecule has 0 aliphatic heterocycles. The smallest absolute Gasteiger partial charge is 0.333 e. The zero-order valence-electron chi connectivity index (χ0n) is 25.8. The van der Waals surface area contributed by atoms with Gasteiger partial charge in [0.25, 0.3) is 0 Å². The fourth-order valence-electron chi connectivity index (χ4n) is 3.52. The van der Waals surface area contributed by atoms with Gasteiger partial charge < -0.3 is 33.5 Å². The first-order valence-corrected chi connectivity index (χ1v) is 14.0. The topological polar surface area (TPSA) is 127 Å². The molecule has 10 nitrogen and oxygen atoms in total. The zero-order chi connectivity index (χ0) is 32.7. The number of hydrogen-bond donors (Lipinski definition) is 1. The Morgan fingerprint density at radius 1 is 0.750 bits per heavy atom. The molecule has 0 saturated carbocycles. The molecular formula is C34H42O10. The average molecular weight is 611 g/mol. The predicted molar refractivity (Wildman–Crippen MR) is 164 cm³/mol. The second kappa shape index (κ2) is 17.6. The molecule has 238 valence electrons. The Hall–Kier alpha value is -4.41. The van der Waals surface area contributed by atoms with Gasteiger partial charge in [0.15, 0.2) is 12.4 Å². The van der Waals surface area contributed by atoms with Gasteiger partial charge in [-0.15, -0.1) is 0 Å². The Morgan fingerprint density at radius 2 is 1.25 bits per heavy atom. The summed E-state index contributed by atoms with van der Waals surface area (Å²) in [7, 11) is 0. The molecule has 0 saturated heterocycles. The Balaban J connectivity index is 1.93. The molecule has 0 heterocycles. The highest BCUT2D eigenvalue weighted by molar-refractivity contribution is 5.89. The lowest BCUT2D eigenvalue weighted by Gasteiger charge is -2.25. The lowest BCUT2D eigenvalue weighted by Crippen LogP contribution is -2.35. The van der Waals surface area contributed by atoms with E-state index in [1.54, 1.807) is 69.3 Å². The largest absolute Gasteiger partial charge is 0.491 e. The lowest BCUT2D eigenvalue weighted by atomic mass is 9.86. The van der Waals surface area contributed by atoms with Crippen molar-refractivity contribution in [3.05, 3.63) is 97.1 Å². The minimum Gasteiger partial charge on any atom is -0.491 e. The Labute approximate surface area is 258 Å². The first-order valence-electron chi connectivity index (χ1n) is 14.0. The van der Waals surface area contributed by atoms with Gasteiger partial charge in [-0.1, -0.05) is 56.1 Å². The summed E-state index contributed by atoms with van der Waals surface area (Å²) in [4.78, 5) is 37.9. The first kappa shape index (κ1) is 35.8. The molecule has 0 aliphatic carbocycles. The van der Waals surface area contributed by atoms with Crippen LogP contribution in [0.2, 0.25) is 0 Å². The van der Waals surface area contributed by atoms with E-state index in [1.807, 2.05) is 12.1 Å². The predicted octanol–water partition coefficient (Wildman–Crippen LogP) is 4.97. The molecule has 2 aromatic rings. The highest BCUT2D eigenvalue weighted by Gasteiger charge is 2.33. The van der Waals surface area contributed by atoms with Crippen molar-refractivity contribution in [1.82, 2.24) is 0 Å². The Morgan fingerprint density at radius 3 is 1.75 bits per heavy atom. The van der Waals surface area contributed by atoms with Gasteiger partial charge in [-0.3, -0.25) is 4.79 Å². The molecule has 44 heavy (non-hydrogen) atoms. The van der Waals surface area contributed by atoms with Crippen molar-refractivity contribution in [2.24, 2.45) is 5.41 Å². The summed E-state index contributed by atoms with van der Waals surface area (Å²) in [6.07, 6.45) is -3.10. The average Bonchev–Trinajstić information content (AvgIpc) is 2.99. The molecule has 1 N–H and O–H groups in total. The zero-order valence-corrected chi connectivity index (χ0v) is 25.8. The number of aliphatic hydroxyl groups excluding tert-OH is 1. The van der Waals surface area contributed by atoms with E-state index in [4.69, 9.17) is 28.4 Å². The van der Waals surface area contributed by atoms with Crippen molar-refractivity contribution in [1.29, 1.82) is 0 Å². The van der Waals surface area contributed by atoms with E-state index >= 15 is 0 Å². The SMILES string of the molecule is C=C(C)C(=O)OC(COC(=O)C(C)(C)CC(=C)C(=O)OCC(COc1ccccc1)OC(O)C(=C)C)COc1ccccc1. The molecule has 10 heteroatoms. The third kappa shape index (κ3) is 12.8. The molecule has 3 atom stereocenters. The van der Waals surface area contributed by atoms with Crippen molar-refractivity contribution in [2.75, 3.05) is 26.4 Å². The molecule has 0 radical (unpaired) electrons. The summed E-state index contributed by atoms with van der Waals surface area (Å²) in [6.45, 7) is 16.7. The van der Waals surface area contributed by atoms with E-state index in [1.165, 1.54) is 6.92 Å². The molecule has 0 aliphatic rings. The van der Waals surface area contributed by atoms with Gasteiger partial charge in [0, 0.05) is 11.1 Å². The summed E-state index contributed by atoms with van der Waals surface area (Å²) in [5.41, 5.74) is -0.603. The maximum atomic E-state index is 13.0. The number of aliphatic hydroxyl groups is 1. The molecule has 0 fully saturated rings. The number of para-hydroxylation sites is 2. The van der Waals surface area contributed by atoms with Gasteiger partial charge in [-0.25, -0.2) is 9.59 Å². The van der Waals surface area contributed by atoms with Gasteiger partial charge in [0.2, 0.25) is 0 Å². The number of esters is 3. The van der Waals surface area contributed by atoms with Crippen LogP contribution >= 0.6 is 0 Å². The summed E-state index contributed by atoms with van der Waals surface area (Å²) in [6, 6.07) is 17.9. The molecule has 2 aromatic carbocycles. The highest BCUT2D eigenvalue weighted by atomic mass is 16.6. The van der Waals surface area contributed by atoms with Crippen LogP contribution in [-0.4, -0.2) is 67.9 Å². The number of rotatable bonds is 19. The number of carbonyl (C=O) groups is 3. The normalized spacial score (nSPS) is 13.0. The fourth-order valence-corrected chi connectivity index (χ4v) is 3.52. The standard InChI is InChI=1S/C34H42O10/c1-23(2)30(35)43-28(19-39-26-14-10-8-11-15-26)21-41-32(37)25(5)18-34(6,7)33(38)42-22-29(44-31(36)24(3)4)20-40-27-16-12-9-13-17-27/h8-17,28-30,35H,1,3,5,18-22H2,2,4,6-7H3. The molecule has 0 aromatic heterocycles. The van der Waals surface area contributed by atoms with Crippen LogP contribution in [0.4, 0.5) is 0 Å². The maximum Gasteiger partial charge on any atom is 0.333 e. The third-order valence-electron chi connectivity index (χ3n) is 6.02. The van der Waals surface area contributed by atoms with Crippen LogP contribution in [0.25, 0.3) is 0 Å². The quantitative estimate of drug-likeness (QED) is 0.0766. The van der Waals surface area contributed by atoms with Crippen LogP contribution in [0.1, 0.15) is 34.1 Å². The van der Waals surface area contributed by atoms with Crippen molar-refractivity contribution in [3.63, 3.8) is 0 Å². The maximum absolute atomic E-state index is 13.0. The van der Waals surface area contributed by atoms with Crippen LogP contribution in [0.3, 0.4) is 0 Å². The van der Waals surface area contributed by atoms with Crippen molar-refractivity contribution in [3.8, 4) is 11.5 Å². The second-order valence-corrected chi connectivity index (χ2v) is 10.9. The molecule has 3 unspecified atom stereocenters. The highest BCUT2D eigenvalue weighted by Crippen LogP contribution is 2.27. The monoisotopic (exact) mass is 610 g/mol. The lowest BCUT2D eigenvalue weighted by molar-refractivity contribution is -0.164. The van der Waals surface area contributed by atoms with E-state index in [9.17, 15) is 19.5 Å². The molecule has 0 spiro atoms.